The van der Waals surface area contributed by atoms with Crippen LogP contribution in [0.15, 0.2) is 66.7 Å². The minimum atomic E-state index is -0.674. The fourth-order valence-electron chi connectivity index (χ4n) is 3.82. The zero-order valence-corrected chi connectivity index (χ0v) is 18.2. The molecule has 3 aromatic carbocycles. The van der Waals surface area contributed by atoms with Crippen LogP contribution in [-0.2, 0) is 0 Å². The Balaban J connectivity index is 1.54. The molecule has 1 aliphatic rings. The summed E-state index contributed by atoms with van der Waals surface area (Å²) in [7, 11) is 1.41. The number of hydrogen-bond donors (Lipinski definition) is 2. The zero-order chi connectivity index (χ0) is 23.7. The number of nitrogens with one attached hydrogen (secondary N) is 2. The van der Waals surface area contributed by atoms with E-state index in [0.717, 1.165) is 11.6 Å². The molecule has 7 nitrogen and oxygen atoms in total. The molecule has 0 aliphatic carbocycles. The maximum absolute atomic E-state index is 14.0. The van der Waals surface area contributed by atoms with Crippen LogP contribution < -0.4 is 20.1 Å². The molecule has 0 fully saturated rings. The average molecular weight is 457 g/mol. The van der Waals surface area contributed by atoms with Crippen molar-refractivity contribution >= 4 is 28.4 Å². The molecule has 0 bridgehead atoms. The second kappa shape index (κ2) is 8.82. The molecule has 1 aromatic heterocycles. The SMILES string of the molecule is CNC(=O)c1cc(NC(=O)c2cc(-c3ccc4c(c3)OCCO4)nc3ccccc23)ccc1F. The number of fused-ring (bicyclic) bond motifs is 2. The van der Waals surface area contributed by atoms with Crippen molar-refractivity contribution in [3.05, 3.63) is 83.7 Å². The van der Waals surface area contributed by atoms with Gasteiger partial charge in [-0.3, -0.25) is 9.59 Å². The second-order valence-electron chi connectivity index (χ2n) is 7.66. The van der Waals surface area contributed by atoms with Gasteiger partial charge in [-0.1, -0.05) is 18.2 Å². The molecule has 2 N–H and O–H groups in total. The number of nitrogens with zero attached hydrogens (tertiary/aromatic N) is 1. The van der Waals surface area contributed by atoms with Gasteiger partial charge >= 0.3 is 0 Å². The van der Waals surface area contributed by atoms with E-state index in [2.05, 4.69) is 10.6 Å². The van der Waals surface area contributed by atoms with Crippen molar-refractivity contribution in [1.29, 1.82) is 0 Å². The minimum Gasteiger partial charge on any atom is -0.486 e. The van der Waals surface area contributed by atoms with Gasteiger partial charge in [0.1, 0.15) is 19.0 Å². The minimum absolute atomic E-state index is 0.156. The van der Waals surface area contributed by atoms with Gasteiger partial charge in [-0.2, -0.15) is 0 Å². The predicted molar refractivity (Wildman–Crippen MR) is 126 cm³/mol. The molecule has 0 atom stereocenters. The van der Waals surface area contributed by atoms with E-state index in [9.17, 15) is 14.0 Å². The molecular weight excluding hydrogens is 437 g/mol. The zero-order valence-electron chi connectivity index (χ0n) is 18.2. The highest BCUT2D eigenvalue weighted by Crippen LogP contribution is 2.35. The standard InChI is InChI=1S/C26H20FN3O4/c1-28-25(31)19-13-16(7-8-20(19)27)29-26(32)18-14-22(30-21-5-3-2-4-17(18)21)15-6-9-23-24(12-15)34-11-10-33-23/h2-9,12-14H,10-11H2,1H3,(H,28,31)(H,29,32). The van der Waals surface area contributed by atoms with Crippen molar-refractivity contribution in [3.8, 4) is 22.8 Å². The summed E-state index contributed by atoms with van der Waals surface area (Å²) in [4.78, 5) is 30.0. The molecule has 4 aromatic rings. The molecule has 0 spiro atoms. The highest BCUT2D eigenvalue weighted by molar-refractivity contribution is 6.13. The largest absolute Gasteiger partial charge is 0.486 e. The average Bonchev–Trinajstić information content (AvgIpc) is 2.88. The van der Waals surface area contributed by atoms with Crippen molar-refractivity contribution < 1.29 is 23.5 Å². The van der Waals surface area contributed by atoms with Gasteiger partial charge in [-0.05, 0) is 48.5 Å². The molecule has 1 aliphatic heterocycles. The van der Waals surface area contributed by atoms with Crippen LogP contribution in [0.2, 0.25) is 0 Å². The van der Waals surface area contributed by atoms with Gasteiger partial charge in [0.25, 0.3) is 11.8 Å². The van der Waals surface area contributed by atoms with Crippen molar-refractivity contribution in [2.45, 2.75) is 0 Å². The van der Waals surface area contributed by atoms with Gasteiger partial charge in [0.05, 0.1) is 22.3 Å². The molecule has 0 unspecified atom stereocenters. The Morgan fingerprint density at radius 3 is 2.50 bits per heavy atom. The van der Waals surface area contributed by atoms with Crippen LogP contribution in [0.4, 0.5) is 10.1 Å². The number of carbonyl (C=O) groups is 2. The predicted octanol–water partition coefficient (Wildman–Crippen LogP) is 4.42. The maximum atomic E-state index is 14.0. The first-order chi connectivity index (χ1) is 16.5. The summed E-state index contributed by atoms with van der Waals surface area (Å²) < 4.78 is 25.3. The van der Waals surface area contributed by atoms with Crippen LogP contribution in [0.25, 0.3) is 22.2 Å². The normalized spacial score (nSPS) is 12.3. The molecule has 2 heterocycles. The number of rotatable bonds is 4. The summed E-state index contributed by atoms with van der Waals surface area (Å²) in [5.74, 6) is -0.377. The van der Waals surface area contributed by atoms with E-state index in [1.807, 2.05) is 42.5 Å². The van der Waals surface area contributed by atoms with Crippen LogP contribution >= 0.6 is 0 Å². The lowest BCUT2D eigenvalue weighted by molar-refractivity contribution is 0.0957. The molecule has 0 saturated carbocycles. The number of hydrogen-bond acceptors (Lipinski definition) is 5. The summed E-state index contributed by atoms with van der Waals surface area (Å²) in [6.07, 6.45) is 0. The number of pyridine rings is 1. The molecule has 34 heavy (non-hydrogen) atoms. The van der Waals surface area contributed by atoms with Gasteiger partial charge in [0.2, 0.25) is 0 Å². The Hall–Kier alpha value is -4.46. The molecular formula is C26H20FN3O4. The van der Waals surface area contributed by atoms with E-state index in [0.29, 0.717) is 52.6 Å². The van der Waals surface area contributed by atoms with Crippen LogP contribution in [0.1, 0.15) is 20.7 Å². The molecule has 8 heteroatoms. The Kier molecular flexibility index (Phi) is 5.55. The van der Waals surface area contributed by atoms with Crippen molar-refractivity contribution in [1.82, 2.24) is 10.3 Å². The number of amides is 2. The van der Waals surface area contributed by atoms with Gasteiger partial charge in [-0.25, -0.2) is 9.37 Å². The lowest BCUT2D eigenvalue weighted by Crippen LogP contribution is -2.20. The molecule has 0 radical (unpaired) electrons. The first-order valence-electron chi connectivity index (χ1n) is 10.7. The lowest BCUT2D eigenvalue weighted by Gasteiger charge is -2.19. The van der Waals surface area contributed by atoms with E-state index >= 15 is 0 Å². The summed E-state index contributed by atoms with van der Waals surface area (Å²) >= 11 is 0. The second-order valence-corrected chi connectivity index (χ2v) is 7.66. The topological polar surface area (TPSA) is 89.6 Å². The van der Waals surface area contributed by atoms with E-state index in [-0.39, 0.29) is 5.56 Å². The number of benzene rings is 3. The molecule has 170 valence electrons. The maximum Gasteiger partial charge on any atom is 0.256 e. The molecule has 2 amide bonds. The van der Waals surface area contributed by atoms with Gasteiger partial charge in [-0.15, -0.1) is 0 Å². The summed E-state index contributed by atoms with van der Waals surface area (Å²) in [5, 5.41) is 5.82. The summed E-state index contributed by atoms with van der Waals surface area (Å²) in [5.41, 5.74) is 2.54. The number of carbonyl (C=O) groups excluding carboxylic acids is 2. The smallest absolute Gasteiger partial charge is 0.256 e. The fraction of sp³-hybridized carbons (Fsp3) is 0.115. The van der Waals surface area contributed by atoms with Crippen LogP contribution in [0.3, 0.4) is 0 Å². The van der Waals surface area contributed by atoms with Gasteiger partial charge < -0.3 is 20.1 Å². The number of ether oxygens (including phenoxy) is 2. The number of halogens is 1. The third kappa shape index (κ3) is 4.01. The number of para-hydroxylation sites is 1. The first kappa shape index (κ1) is 21.4. The van der Waals surface area contributed by atoms with E-state index < -0.39 is 17.6 Å². The Labute approximate surface area is 194 Å². The van der Waals surface area contributed by atoms with Crippen molar-refractivity contribution in [3.63, 3.8) is 0 Å². The lowest BCUT2D eigenvalue weighted by atomic mass is 10.0. The van der Waals surface area contributed by atoms with E-state index in [1.165, 1.54) is 19.2 Å². The Bertz CT molecular complexity index is 1440. The first-order valence-corrected chi connectivity index (χ1v) is 10.7. The third-order valence-electron chi connectivity index (χ3n) is 5.49. The number of anilines is 1. The van der Waals surface area contributed by atoms with Crippen LogP contribution in [0.5, 0.6) is 11.5 Å². The Morgan fingerprint density at radius 1 is 0.882 bits per heavy atom. The highest BCUT2D eigenvalue weighted by Gasteiger charge is 2.18. The molecule has 5 rings (SSSR count). The van der Waals surface area contributed by atoms with Gasteiger partial charge in [0, 0.05) is 23.7 Å². The summed E-state index contributed by atoms with van der Waals surface area (Å²) in [6.45, 7) is 0.959. The van der Waals surface area contributed by atoms with E-state index in [4.69, 9.17) is 14.5 Å². The van der Waals surface area contributed by atoms with Crippen molar-refractivity contribution in [2.75, 3.05) is 25.6 Å². The highest BCUT2D eigenvalue weighted by atomic mass is 19.1. The van der Waals surface area contributed by atoms with E-state index in [1.54, 1.807) is 6.07 Å². The summed E-state index contributed by atoms with van der Waals surface area (Å²) in [6, 6.07) is 18.4. The Morgan fingerprint density at radius 2 is 1.68 bits per heavy atom. The third-order valence-corrected chi connectivity index (χ3v) is 5.49. The molecule has 0 saturated heterocycles. The van der Waals surface area contributed by atoms with Crippen LogP contribution in [0, 0.1) is 5.82 Å². The monoisotopic (exact) mass is 457 g/mol. The van der Waals surface area contributed by atoms with Crippen LogP contribution in [-0.4, -0.2) is 37.1 Å². The number of aromatic nitrogens is 1. The fourth-order valence-corrected chi connectivity index (χ4v) is 3.82. The van der Waals surface area contributed by atoms with Crippen molar-refractivity contribution in [2.24, 2.45) is 0 Å². The van der Waals surface area contributed by atoms with Gasteiger partial charge in [0.15, 0.2) is 11.5 Å². The quantitative estimate of drug-likeness (QED) is 0.474.